The van der Waals surface area contributed by atoms with Gasteiger partial charge in [0.2, 0.25) is 5.91 Å². The molecule has 0 aliphatic rings. The Morgan fingerprint density at radius 2 is 2.14 bits per heavy atom. The molecule has 4 nitrogen and oxygen atoms in total. The normalized spacial score (nSPS) is 17.1. The highest BCUT2D eigenvalue weighted by molar-refractivity contribution is 7.84. The van der Waals surface area contributed by atoms with Crippen molar-refractivity contribution in [2.24, 2.45) is 11.7 Å². The topological polar surface area (TPSA) is 72.2 Å². The van der Waals surface area contributed by atoms with E-state index in [0.717, 1.165) is 6.42 Å². The first-order valence-electron chi connectivity index (χ1n) is 4.82. The van der Waals surface area contributed by atoms with Gasteiger partial charge >= 0.3 is 0 Å². The Labute approximate surface area is 88.1 Å². The minimum atomic E-state index is -0.863. The summed E-state index contributed by atoms with van der Waals surface area (Å²) in [4.78, 5) is 11.4. The lowest BCUT2D eigenvalue weighted by Gasteiger charge is -2.17. The van der Waals surface area contributed by atoms with Gasteiger partial charge in [-0.1, -0.05) is 20.3 Å². The monoisotopic (exact) mass is 220 g/mol. The van der Waals surface area contributed by atoms with Gasteiger partial charge in [-0.25, -0.2) is 0 Å². The molecule has 0 bridgehead atoms. The van der Waals surface area contributed by atoms with Crippen LogP contribution in [0, 0.1) is 5.92 Å². The first kappa shape index (κ1) is 13.6. The molecule has 0 spiro atoms. The second kappa shape index (κ2) is 6.95. The van der Waals surface area contributed by atoms with Crippen molar-refractivity contribution < 1.29 is 9.00 Å². The number of nitrogens with two attached hydrogens (primary N) is 1. The third-order valence-electron chi connectivity index (χ3n) is 2.25. The Balaban J connectivity index is 3.78. The number of carbonyl (C=O) groups excluding carboxylic acids is 1. The first-order chi connectivity index (χ1) is 6.49. The molecule has 0 radical (unpaired) electrons. The average Bonchev–Trinajstić information content (AvgIpc) is 2.14. The minimum Gasteiger partial charge on any atom is -0.354 e. The van der Waals surface area contributed by atoms with Crippen molar-refractivity contribution in [1.82, 2.24) is 5.32 Å². The summed E-state index contributed by atoms with van der Waals surface area (Å²) in [6.45, 7) is 4.38. The van der Waals surface area contributed by atoms with Crippen LogP contribution in [0.1, 0.15) is 20.3 Å². The van der Waals surface area contributed by atoms with Crippen molar-refractivity contribution in [3.05, 3.63) is 0 Å². The van der Waals surface area contributed by atoms with E-state index < -0.39 is 16.8 Å². The summed E-state index contributed by atoms with van der Waals surface area (Å²) in [6.07, 6.45) is 2.50. The van der Waals surface area contributed by atoms with Crippen molar-refractivity contribution >= 4 is 16.7 Å². The third-order valence-corrected chi connectivity index (χ3v) is 3.03. The van der Waals surface area contributed by atoms with Gasteiger partial charge in [0.05, 0.1) is 6.04 Å². The maximum Gasteiger partial charge on any atom is 0.237 e. The largest absolute Gasteiger partial charge is 0.354 e. The molecule has 0 aromatic carbocycles. The molecule has 0 aliphatic carbocycles. The van der Waals surface area contributed by atoms with E-state index in [2.05, 4.69) is 5.32 Å². The summed E-state index contributed by atoms with van der Waals surface area (Å²) >= 11 is 0. The van der Waals surface area contributed by atoms with Gasteiger partial charge in [-0.15, -0.1) is 0 Å². The number of rotatable bonds is 6. The number of hydrogen-bond donors (Lipinski definition) is 2. The van der Waals surface area contributed by atoms with Gasteiger partial charge in [0.15, 0.2) is 0 Å². The zero-order chi connectivity index (χ0) is 11.1. The minimum absolute atomic E-state index is 0.148. The van der Waals surface area contributed by atoms with E-state index in [0.29, 0.717) is 12.3 Å². The van der Waals surface area contributed by atoms with Crippen molar-refractivity contribution in [3.8, 4) is 0 Å². The average molecular weight is 220 g/mol. The van der Waals surface area contributed by atoms with E-state index in [9.17, 15) is 9.00 Å². The van der Waals surface area contributed by atoms with E-state index in [1.807, 2.05) is 13.8 Å². The van der Waals surface area contributed by atoms with Crippen LogP contribution in [0.4, 0.5) is 0 Å². The van der Waals surface area contributed by atoms with Gasteiger partial charge in [0.25, 0.3) is 0 Å². The Morgan fingerprint density at radius 3 is 2.57 bits per heavy atom. The molecule has 5 heteroatoms. The van der Waals surface area contributed by atoms with Crippen LogP contribution in [0.15, 0.2) is 0 Å². The smallest absolute Gasteiger partial charge is 0.237 e. The number of amides is 1. The molecule has 0 heterocycles. The van der Waals surface area contributed by atoms with Crippen LogP contribution in [0.2, 0.25) is 0 Å². The van der Waals surface area contributed by atoms with Gasteiger partial charge in [0, 0.05) is 29.4 Å². The van der Waals surface area contributed by atoms with E-state index in [1.54, 1.807) is 6.26 Å². The van der Waals surface area contributed by atoms with Gasteiger partial charge in [0.1, 0.15) is 0 Å². The second-order valence-electron chi connectivity index (χ2n) is 3.48. The summed E-state index contributed by atoms with van der Waals surface area (Å²) in [7, 11) is -0.863. The fraction of sp³-hybridized carbons (Fsp3) is 0.889. The fourth-order valence-electron chi connectivity index (χ4n) is 0.948. The highest BCUT2D eigenvalue weighted by atomic mass is 32.2. The van der Waals surface area contributed by atoms with Crippen LogP contribution in [-0.2, 0) is 15.6 Å². The molecule has 0 aliphatic heterocycles. The molecular formula is C9H20N2O2S. The standard InChI is InChI=1S/C9H20N2O2S/c1-4-7(2)8(10)9(12)11-5-6-14(3)13/h7-8H,4-6,10H2,1-3H3,(H,11,12)/t7?,8-,14?/m0/s1. The van der Waals surface area contributed by atoms with Crippen LogP contribution in [0.25, 0.3) is 0 Å². The summed E-state index contributed by atoms with van der Waals surface area (Å²) in [5.41, 5.74) is 5.70. The zero-order valence-corrected chi connectivity index (χ0v) is 9.89. The molecule has 84 valence electrons. The van der Waals surface area contributed by atoms with Gasteiger partial charge in [-0.3, -0.25) is 9.00 Å². The quantitative estimate of drug-likeness (QED) is 0.654. The molecule has 2 unspecified atom stereocenters. The van der Waals surface area contributed by atoms with Crippen molar-refractivity contribution in [3.63, 3.8) is 0 Å². The van der Waals surface area contributed by atoms with E-state index in [-0.39, 0.29) is 11.8 Å². The molecule has 3 N–H and O–H groups in total. The van der Waals surface area contributed by atoms with Gasteiger partial charge < -0.3 is 11.1 Å². The Morgan fingerprint density at radius 1 is 1.57 bits per heavy atom. The molecule has 0 fully saturated rings. The Hall–Kier alpha value is -0.420. The summed E-state index contributed by atoms with van der Waals surface area (Å²) < 4.78 is 10.7. The fourth-order valence-corrected chi connectivity index (χ4v) is 1.34. The number of nitrogens with one attached hydrogen (secondary N) is 1. The molecule has 1 amide bonds. The highest BCUT2D eigenvalue weighted by Crippen LogP contribution is 2.04. The molecular weight excluding hydrogens is 200 g/mol. The van der Waals surface area contributed by atoms with Crippen molar-refractivity contribution in [2.45, 2.75) is 26.3 Å². The van der Waals surface area contributed by atoms with E-state index in [1.165, 1.54) is 0 Å². The number of hydrogen-bond acceptors (Lipinski definition) is 3. The van der Waals surface area contributed by atoms with Crippen LogP contribution in [0.5, 0.6) is 0 Å². The predicted molar refractivity (Wildman–Crippen MR) is 59.4 cm³/mol. The lowest BCUT2D eigenvalue weighted by atomic mass is 9.99. The summed E-state index contributed by atoms with van der Waals surface area (Å²) in [5, 5.41) is 2.67. The second-order valence-corrected chi connectivity index (χ2v) is 5.03. The summed E-state index contributed by atoms with van der Waals surface area (Å²) in [6, 6.07) is -0.453. The molecule has 0 rings (SSSR count). The molecule has 14 heavy (non-hydrogen) atoms. The lowest BCUT2D eigenvalue weighted by molar-refractivity contribution is -0.123. The molecule has 0 aromatic heterocycles. The van der Waals surface area contributed by atoms with Crippen LogP contribution >= 0.6 is 0 Å². The van der Waals surface area contributed by atoms with Gasteiger partial charge in [-0.2, -0.15) is 0 Å². The third kappa shape index (κ3) is 5.34. The van der Waals surface area contributed by atoms with E-state index in [4.69, 9.17) is 5.73 Å². The predicted octanol–water partition coefficient (Wildman–Crippen LogP) is -0.145. The van der Waals surface area contributed by atoms with Crippen molar-refractivity contribution in [2.75, 3.05) is 18.6 Å². The van der Waals surface area contributed by atoms with E-state index >= 15 is 0 Å². The zero-order valence-electron chi connectivity index (χ0n) is 9.08. The number of carbonyl (C=O) groups is 1. The molecule has 3 atom stereocenters. The highest BCUT2D eigenvalue weighted by Gasteiger charge is 2.18. The van der Waals surface area contributed by atoms with Crippen molar-refractivity contribution in [1.29, 1.82) is 0 Å². The molecule has 0 saturated carbocycles. The maximum atomic E-state index is 11.4. The molecule has 0 aromatic rings. The first-order valence-corrected chi connectivity index (χ1v) is 6.55. The Bertz CT molecular complexity index is 209. The summed E-state index contributed by atoms with van der Waals surface area (Å²) in [5.74, 6) is 0.519. The SMILES string of the molecule is CCC(C)[C@H](N)C(=O)NCCS(C)=O. The lowest BCUT2D eigenvalue weighted by Crippen LogP contribution is -2.45. The van der Waals surface area contributed by atoms with Crippen LogP contribution < -0.4 is 11.1 Å². The van der Waals surface area contributed by atoms with Crippen LogP contribution in [-0.4, -0.2) is 34.7 Å². The van der Waals surface area contributed by atoms with Gasteiger partial charge in [-0.05, 0) is 5.92 Å². The van der Waals surface area contributed by atoms with Crippen LogP contribution in [0.3, 0.4) is 0 Å². The maximum absolute atomic E-state index is 11.4. The molecule has 0 saturated heterocycles. The Kier molecular flexibility index (Phi) is 6.74.